The molecule has 1 aliphatic carbocycles. The van der Waals surface area contributed by atoms with Crippen LogP contribution in [0.2, 0.25) is 0 Å². The van der Waals surface area contributed by atoms with Crippen molar-refractivity contribution in [1.29, 1.82) is 0 Å². The smallest absolute Gasteiger partial charge is 0.209 e. The quantitative estimate of drug-likeness (QED) is 0.582. The number of rotatable bonds is 0. The molecule has 0 amide bonds. The third-order valence-corrected chi connectivity index (χ3v) is 3.48. The zero-order chi connectivity index (χ0) is 11.2. The van der Waals surface area contributed by atoms with Crippen LogP contribution in [0.25, 0.3) is 16.7 Å². The van der Waals surface area contributed by atoms with Gasteiger partial charge in [-0.3, -0.25) is 0 Å². The molecule has 4 rings (SSSR count). The molecule has 2 heterocycles. The van der Waals surface area contributed by atoms with Crippen molar-refractivity contribution in [3.05, 3.63) is 29.5 Å². The van der Waals surface area contributed by atoms with E-state index in [2.05, 4.69) is 32.6 Å². The summed E-state index contributed by atoms with van der Waals surface area (Å²) in [5.74, 6) is 0.580. The van der Waals surface area contributed by atoms with Crippen LogP contribution >= 0.6 is 0 Å². The molecule has 0 spiro atoms. The first-order chi connectivity index (χ1) is 8.42. The van der Waals surface area contributed by atoms with Gasteiger partial charge in [0, 0.05) is 11.6 Å². The van der Waals surface area contributed by atoms with E-state index in [0.29, 0.717) is 5.78 Å². The Morgan fingerprint density at radius 3 is 3.06 bits per heavy atom. The Morgan fingerprint density at radius 1 is 1.12 bits per heavy atom. The Bertz CT molecular complexity index is 715. The number of aryl methyl sites for hydroxylation is 2. The third kappa shape index (κ3) is 1.25. The Balaban J connectivity index is 2.13. The van der Waals surface area contributed by atoms with Crippen LogP contribution < -0.4 is 0 Å². The summed E-state index contributed by atoms with van der Waals surface area (Å²) >= 11 is 0. The fourth-order valence-corrected chi connectivity index (χ4v) is 2.64. The van der Waals surface area contributed by atoms with Crippen LogP contribution in [0.5, 0.6) is 0 Å². The SMILES string of the molecule is c1cc2cn3nnnc3nc2c2c1CCCC2. The normalized spacial score (nSPS) is 15.3. The molecule has 0 N–H and O–H groups in total. The van der Waals surface area contributed by atoms with Gasteiger partial charge in [-0.15, -0.1) is 0 Å². The lowest BCUT2D eigenvalue weighted by atomic mass is 9.90. The molecule has 2 aromatic heterocycles. The van der Waals surface area contributed by atoms with Crippen LogP contribution in [0, 0.1) is 0 Å². The summed E-state index contributed by atoms with van der Waals surface area (Å²) in [7, 11) is 0. The molecule has 0 bridgehead atoms. The van der Waals surface area contributed by atoms with Crippen molar-refractivity contribution in [3.8, 4) is 0 Å². The van der Waals surface area contributed by atoms with Crippen molar-refractivity contribution in [1.82, 2.24) is 25.0 Å². The lowest BCUT2D eigenvalue weighted by molar-refractivity contribution is 0.689. The number of hydrogen-bond donors (Lipinski definition) is 0. The van der Waals surface area contributed by atoms with Crippen LogP contribution in [0.1, 0.15) is 24.0 Å². The van der Waals surface area contributed by atoms with E-state index in [4.69, 9.17) is 0 Å². The molecule has 3 aromatic rings. The lowest BCUT2D eigenvalue weighted by Crippen LogP contribution is -2.05. The third-order valence-electron chi connectivity index (χ3n) is 3.48. The van der Waals surface area contributed by atoms with Crippen LogP contribution in [-0.4, -0.2) is 25.0 Å². The molecule has 84 valence electrons. The predicted octanol–water partition coefficient (Wildman–Crippen LogP) is 1.55. The molecule has 1 aromatic carbocycles. The fourth-order valence-electron chi connectivity index (χ4n) is 2.64. The molecule has 0 saturated heterocycles. The molecular formula is C12H11N5. The van der Waals surface area contributed by atoms with E-state index in [0.717, 1.165) is 17.3 Å². The zero-order valence-corrected chi connectivity index (χ0v) is 9.30. The molecule has 0 fully saturated rings. The maximum absolute atomic E-state index is 4.58. The highest BCUT2D eigenvalue weighted by molar-refractivity contribution is 5.83. The molecule has 0 unspecified atom stereocenters. The molecule has 1 aliphatic rings. The Hall–Kier alpha value is -2.04. The van der Waals surface area contributed by atoms with Crippen molar-refractivity contribution < 1.29 is 0 Å². The topological polar surface area (TPSA) is 56.0 Å². The van der Waals surface area contributed by atoms with Gasteiger partial charge in [0.05, 0.1) is 5.52 Å². The molecule has 0 radical (unpaired) electrons. The van der Waals surface area contributed by atoms with Crippen LogP contribution in [0.3, 0.4) is 0 Å². The highest BCUT2D eigenvalue weighted by Crippen LogP contribution is 2.27. The molecule has 0 atom stereocenters. The van der Waals surface area contributed by atoms with Crippen LogP contribution in [-0.2, 0) is 12.8 Å². The summed E-state index contributed by atoms with van der Waals surface area (Å²) in [4.78, 5) is 4.58. The van der Waals surface area contributed by atoms with E-state index in [1.54, 1.807) is 4.52 Å². The summed E-state index contributed by atoms with van der Waals surface area (Å²) in [5.41, 5.74) is 3.90. The van der Waals surface area contributed by atoms with Crippen LogP contribution in [0.4, 0.5) is 0 Å². The molecular weight excluding hydrogens is 214 g/mol. The average molecular weight is 225 g/mol. The van der Waals surface area contributed by atoms with E-state index in [-0.39, 0.29) is 0 Å². The predicted molar refractivity (Wildman–Crippen MR) is 62.7 cm³/mol. The standard InChI is InChI=1S/C12H11N5/c1-2-4-10-8(3-1)5-6-9-7-17-12(13-11(9)10)14-15-16-17/h5-7H,1-4H2. The maximum atomic E-state index is 4.58. The largest absolute Gasteiger partial charge is 0.273 e. The number of aromatic nitrogens is 5. The molecule has 17 heavy (non-hydrogen) atoms. The number of benzene rings is 1. The van der Waals surface area contributed by atoms with E-state index in [1.807, 2.05) is 6.20 Å². The molecule has 0 saturated carbocycles. The maximum Gasteiger partial charge on any atom is 0.273 e. The van der Waals surface area contributed by atoms with Crippen molar-refractivity contribution >= 4 is 16.7 Å². The van der Waals surface area contributed by atoms with Gasteiger partial charge in [-0.25, -0.2) is 4.98 Å². The van der Waals surface area contributed by atoms with E-state index < -0.39 is 0 Å². The molecule has 0 aliphatic heterocycles. The highest BCUT2D eigenvalue weighted by Gasteiger charge is 2.14. The minimum Gasteiger partial charge on any atom is -0.209 e. The van der Waals surface area contributed by atoms with Gasteiger partial charge in [-0.1, -0.05) is 17.2 Å². The van der Waals surface area contributed by atoms with Crippen molar-refractivity contribution in [2.75, 3.05) is 0 Å². The van der Waals surface area contributed by atoms with Gasteiger partial charge in [0.25, 0.3) is 5.78 Å². The first kappa shape index (κ1) is 9.04. The number of hydrogen-bond acceptors (Lipinski definition) is 4. The van der Waals surface area contributed by atoms with Crippen molar-refractivity contribution in [2.45, 2.75) is 25.7 Å². The first-order valence-corrected chi connectivity index (χ1v) is 5.91. The van der Waals surface area contributed by atoms with Gasteiger partial charge in [-0.2, -0.15) is 4.52 Å². The molecule has 5 nitrogen and oxygen atoms in total. The Labute approximate surface area is 97.5 Å². The second-order valence-electron chi connectivity index (χ2n) is 4.51. The van der Waals surface area contributed by atoms with Crippen molar-refractivity contribution in [3.63, 3.8) is 0 Å². The summed E-state index contributed by atoms with van der Waals surface area (Å²) < 4.78 is 1.62. The number of fused-ring (bicyclic) bond motifs is 4. The summed E-state index contributed by atoms with van der Waals surface area (Å²) in [5, 5.41) is 12.5. The molecule has 5 heteroatoms. The minimum atomic E-state index is 0.580. The minimum absolute atomic E-state index is 0.580. The van der Waals surface area contributed by atoms with Gasteiger partial charge < -0.3 is 0 Å². The number of nitrogens with zero attached hydrogens (tertiary/aromatic N) is 5. The summed E-state index contributed by atoms with van der Waals surface area (Å²) in [6, 6.07) is 4.34. The zero-order valence-electron chi connectivity index (χ0n) is 9.30. The van der Waals surface area contributed by atoms with Gasteiger partial charge in [0.15, 0.2) is 0 Å². The summed E-state index contributed by atoms with van der Waals surface area (Å²) in [6.45, 7) is 0. The Morgan fingerprint density at radius 2 is 2.06 bits per heavy atom. The van der Waals surface area contributed by atoms with Gasteiger partial charge in [0.2, 0.25) is 0 Å². The Kier molecular flexibility index (Phi) is 1.72. The van der Waals surface area contributed by atoms with E-state index >= 15 is 0 Å². The van der Waals surface area contributed by atoms with Gasteiger partial charge in [0.1, 0.15) is 0 Å². The highest BCUT2D eigenvalue weighted by atomic mass is 15.5. The average Bonchev–Trinajstić information content (AvgIpc) is 2.83. The van der Waals surface area contributed by atoms with Crippen molar-refractivity contribution in [2.24, 2.45) is 0 Å². The van der Waals surface area contributed by atoms with Gasteiger partial charge in [-0.05, 0) is 47.2 Å². The lowest BCUT2D eigenvalue weighted by Gasteiger charge is -2.16. The first-order valence-electron chi connectivity index (χ1n) is 5.91. The van der Waals surface area contributed by atoms with E-state index in [9.17, 15) is 0 Å². The number of tetrazole rings is 1. The fraction of sp³-hybridized carbons (Fsp3) is 0.333. The van der Waals surface area contributed by atoms with Gasteiger partial charge >= 0.3 is 0 Å². The monoisotopic (exact) mass is 225 g/mol. The van der Waals surface area contributed by atoms with E-state index in [1.165, 1.54) is 30.4 Å². The second-order valence-corrected chi connectivity index (χ2v) is 4.51. The summed E-state index contributed by atoms with van der Waals surface area (Å²) in [6.07, 6.45) is 6.78. The second kappa shape index (κ2) is 3.23. The van der Waals surface area contributed by atoms with Crippen LogP contribution in [0.15, 0.2) is 18.3 Å².